The van der Waals surface area contributed by atoms with Gasteiger partial charge in [-0.1, -0.05) is 6.07 Å². The van der Waals surface area contributed by atoms with E-state index in [1.165, 1.54) is 0 Å². The molecule has 0 fully saturated rings. The Kier molecular flexibility index (Phi) is 4.08. The molecule has 1 heterocycles. The largest absolute Gasteiger partial charge is 0.507 e. The molecule has 0 saturated heterocycles. The number of rotatable bonds is 3. The fourth-order valence-electron chi connectivity index (χ4n) is 2.67. The molecule has 24 heavy (non-hydrogen) atoms. The summed E-state index contributed by atoms with van der Waals surface area (Å²) >= 11 is 0. The molecule has 2 aromatic carbocycles. The highest BCUT2D eigenvalue weighted by molar-refractivity contribution is 5.74. The van der Waals surface area contributed by atoms with Crippen molar-refractivity contribution in [1.29, 1.82) is 0 Å². The van der Waals surface area contributed by atoms with Crippen molar-refractivity contribution in [3.8, 4) is 34.0 Å². The second-order valence-electron chi connectivity index (χ2n) is 5.70. The van der Waals surface area contributed by atoms with Crippen LogP contribution < -0.4 is 10.5 Å². The third-order valence-corrected chi connectivity index (χ3v) is 3.85. The number of ether oxygens (including phenoxy) is 1. The molecule has 5 nitrogen and oxygen atoms in total. The summed E-state index contributed by atoms with van der Waals surface area (Å²) in [6.07, 6.45) is 0. The summed E-state index contributed by atoms with van der Waals surface area (Å²) < 4.78 is 5.17. The average Bonchev–Trinajstić information content (AvgIpc) is 2.57. The minimum atomic E-state index is 0.164. The smallest absolute Gasteiger partial charge is 0.221 e. The molecule has 3 aromatic rings. The quantitative estimate of drug-likeness (QED) is 0.768. The Hall–Kier alpha value is -3.08. The SMILES string of the molecule is COc1ccc(-c2cc(-c3cc(C)cc(C)c3O)nc(N)n2)cc1. The molecule has 0 radical (unpaired) electrons. The van der Waals surface area contributed by atoms with Crippen molar-refractivity contribution in [2.45, 2.75) is 13.8 Å². The minimum absolute atomic E-state index is 0.164. The number of methoxy groups -OCH3 is 1. The van der Waals surface area contributed by atoms with Crippen molar-refractivity contribution < 1.29 is 9.84 Å². The molecule has 0 atom stereocenters. The zero-order valence-corrected chi connectivity index (χ0v) is 13.9. The summed E-state index contributed by atoms with van der Waals surface area (Å²) in [5.74, 6) is 1.14. The Morgan fingerprint density at radius 1 is 0.958 bits per heavy atom. The number of aryl methyl sites for hydroxylation is 2. The van der Waals surface area contributed by atoms with Gasteiger partial charge in [-0.15, -0.1) is 0 Å². The molecule has 0 unspecified atom stereocenters. The number of aromatic nitrogens is 2. The summed E-state index contributed by atoms with van der Waals surface area (Å²) in [7, 11) is 1.62. The maximum Gasteiger partial charge on any atom is 0.221 e. The first-order valence-corrected chi connectivity index (χ1v) is 7.57. The molecule has 0 saturated carbocycles. The van der Waals surface area contributed by atoms with E-state index < -0.39 is 0 Å². The minimum Gasteiger partial charge on any atom is -0.507 e. The van der Waals surface area contributed by atoms with Crippen LogP contribution in [0.15, 0.2) is 42.5 Å². The van der Waals surface area contributed by atoms with E-state index in [2.05, 4.69) is 9.97 Å². The number of nitrogen functional groups attached to an aromatic ring is 1. The average molecular weight is 321 g/mol. The highest BCUT2D eigenvalue weighted by Crippen LogP contribution is 2.34. The lowest BCUT2D eigenvalue weighted by Gasteiger charge is -2.11. The molecule has 0 spiro atoms. The van der Waals surface area contributed by atoms with E-state index in [0.29, 0.717) is 17.0 Å². The van der Waals surface area contributed by atoms with Crippen LogP contribution in [-0.4, -0.2) is 22.2 Å². The third kappa shape index (κ3) is 3.01. The van der Waals surface area contributed by atoms with Crippen molar-refractivity contribution >= 4 is 5.95 Å². The van der Waals surface area contributed by atoms with Crippen LogP contribution in [0.2, 0.25) is 0 Å². The lowest BCUT2D eigenvalue weighted by atomic mass is 10.0. The van der Waals surface area contributed by atoms with E-state index in [0.717, 1.165) is 22.4 Å². The van der Waals surface area contributed by atoms with Crippen LogP contribution in [-0.2, 0) is 0 Å². The number of benzene rings is 2. The highest BCUT2D eigenvalue weighted by Gasteiger charge is 2.13. The van der Waals surface area contributed by atoms with Gasteiger partial charge in [-0.25, -0.2) is 9.97 Å². The predicted octanol–water partition coefficient (Wildman–Crippen LogP) is 3.72. The van der Waals surface area contributed by atoms with Crippen LogP contribution >= 0.6 is 0 Å². The second-order valence-corrected chi connectivity index (χ2v) is 5.70. The molecular formula is C19H19N3O2. The summed E-state index contributed by atoms with van der Waals surface area (Å²) in [6, 6.07) is 13.2. The molecule has 122 valence electrons. The van der Waals surface area contributed by atoms with E-state index in [9.17, 15) is 5.11 Å². The molecule has 0 aliphatic rings. The topological polar surface area (TPSA) is 81.3 Å². The lowest BCUT2D eigenvalue weighted by molar-refractivity contribution is 0.415. The van der Waals surface area contributed by atoms with Crippen LogP contribution in [0.5, 0.6) is 11.5 Å². The first-order valence-electron chi connectivity index (χ1n) is 7.57. The molecule has 0 aliphatic heterocycles. The molecule has 0 aliphatic carbocycles. The van der Waals surface area contributed by atoms with Crippen molar-refractivity contribution in [3.05, 3.63) is 53.6 Å². The van der Waals surface area contributed by atoms with E-state index in [4.69, 9.17) is 10.5 Å². The number of nitrogens with zero attached hydrogens (tertiary/aromatic N) is 2. The van der Waals surface area contributed by atoms with Gasteiger partial charge in [0.05, 0.1) is 18.5 Å². The Bertz CT molecular complexity index is 890. The number of hydrogen-bond acceptors (Lipinski definition) is 5. The molecule has 0 amide bonds. The van der Waals surface area contributed by atoms with Crippen LogP contribution in [0.3, 0.4) is 0 Å². The summed E-state index contributed by atoms with van der Waals surface area (Å²) in [6.45, 7) is 3.84. The van der Waals surface area contributed by atoms with E-state index in [-0.39, 0.29) is 11.7 Å². The number of anilines is 1. The van der Waals surface area contributed by atoms with Gasteiger partial charge in [0.1, 0.15) is 11.5 Å². The fraction of sp³-hybridized carbons (Fsp3) is 0.158. The van der Waals surface area contributed by atoms with Gasteiger partial charge in [0.25, 0.3) is 0 Å². The van der Waals surface area contributed by atoms with Crippen molar-refractivity contribution in [2.24, 2.45) is 0 Å². The van der Waals surface area contributed by atoms with Crippen molar-refractivity contribution in [3.63, 3.8) is 0 Å². The lowest BCUT2D eigenvalue weighted by Crippen LogP contribution is -1.99. The first kappa shape index (κ1) is 15.8. The molecule has 5 heteroatoms. The first-order chi connectivity index (χ1) is 11.5. The number of hydrogen-bond donors (Lipinski definition) is 2. The maximum absolute atomic E-state index is 10.4. The second kappa shape index (κ2) is 6.20. The van der Waals surface area contributed by atoms with Gasteiger partial charge in [-0.05, 0) is 61.4 Å². The van der Waals surface area contributed by atoms with Gasteiger partial charge in [0.15, 0.2) is 0 Å². The number of phenols is 1. The van der Waals surface area contributed by atoms with Gasteiger partial charge in [-0.3, -0.25) is 0 Å². The van der Waals surface area contributed by atoms with Gasteiger partial charge in [-0.2, -0.15) is 0 Å². The Morgan fingerprint density at radius 3 is 2.29 bits per heavy atom. The fourth-order valence-corrected chi connectivity index (χ4v) is 2.67. The van der Waals surface area contributed by atoms with Crippen LogP contribution in [0.1, 0.15) is 11.1 Å². The summed E-state index contributed by atoms with van der Waals surface area (Å²) in [4.78, 5) is 8.59. The van der Waals surface area contributed by atoms with Gasteiger partial charge >= 0.3 is 0 Å². The van der Waals surface area contributed by atoms with Gasteiger partial charge in [0, 0.05) is 11.1 Å². The Morgan fingerprint density at radius 2 is 1.62 bits per heavy atom. The van der Waals surface area contributed by atoms with E-state index in [1.807, 2.05) is 56.3 Å². The zero-order valence-electron chi connectivity index (χ0n) is 13.9. The third-order valence-electron chi connectivity index (χ3n) is 3.85. The van der Waals surface area contributed by atoms with Crippen LogP contribution in [0.4, 0.5) is 5.95 Å². The van der Waals surface area contributed by atoms with E-state index in [1.54, 1.807) is 7.11 Å². The summed E-state index contributed by atoms with van der Waals surface area (Å²) in [5.41, 5.74) is 10.6. The van der Waals surface area contributed by atoms with Crippen molar-refractivity contribution in [1.82, 2.24) is 9.97 Å². The molecule has 0 bridgehead atoms. The standard InChI is InChI=1S/C19H19N3O2/c1-11-8-12(2)18(23)15(9-11)17-10-16(21-19(20)22-17)13-4-6-14(24-3)7-5-13/h4-10,23H,1-3H3,(H2,20,21,22). The Labute approximate surface area is 140 Å². The zero-order chi connectivity index (χ0) is 17.3. The molecular weight excluding hydrogens is 302 g/mol. The van der Waals surface area contributed by atoms with Gasteiger partial charge < -0.3 is 15.6 Å². The predicted molar refractivity (Wildman–Crippen MR) is 95.0 cm³/mol. The summed E-state index contributed by atoms with van der Waals surface area (Å²) in [5, 5.41) is 10.4. The van der Waals surface area contributed by atoms with Gasteiger partial charge in [0.2, 0.25) is 5.95 Å². The van der Waals surface area contributed by atoms with Crippen molar-refractivity contribution in [2.75, 3.05) is 12.8 Å². The monoisotopic (exact) mass is 321 g/mol. The highest BCUT2D eigenvalue weighted by atomic mass is 16.5. The molecule has 1 aromatic heterocycles. The number of aromatic hydroxyl groups is 1. The van der Waals surface area contributed by atoms with E-state index >= 15 is 0 Å². The number of phenolic OH excluding ortho intramolecular Hbond substituents is 1. The maximum atomic E-state index is 10.4. The molecule has 3 rings (SSSR count). The molecule has 3 N–H and O–H groups in total. The van der Waals surface area contributed by atoms with Crippen LogP contribution in [0.25, 0.3) is 22.5 Å². The normalized spacial score (nSPS) is 10.6. The Balaban J connectivity index is 2.13. The number of nitrogens with two attached hydrogens (primary N) is 1. The van der Waals surface area contributed by atoms with Crippen LogP contribution in [0, 0.1) is 13.8 Å².